The van der Waals surface area contributed by atoms with Gasteiger partial charge in [0.1, 0.15) is 5.82 Å². The third-order valence-corrected chi connectivity index (χ3v) is 3.98. The predicted molar refractivity (Wildman–Crippen MR) is 76.3 cm³/mol. The first-order valence-corrected chi connectivity index (χ1v) is 6.31. The van der Waals surface area contributed by atoms with Gasteiger partial charge in [0.25, 0.3) is 0 Å². The van der Waals surface area contributed by atoms with E-state index in [9.17, 15) is 4.39 Å². The molecule has 0 aliphatic rings. The summed E-state index contributed by atoms with van der Waals surface area (Å²) in [6.07, 6.45) is 0. The molecule has 2 aromatic rings. The van der Waals surface area contributed by atoms with Gasteiger partial charge in [0.05, 0.1) is 25.8 Å². The summed E-state index contributed by atoms with van der Waals surface area (Å²) in [7, 11) is 0. The van der Waals surface area contributed by atoms with Crippen LogP contribution in [0, 0.1) is 5.82 Å². The van der Waals surface area contributed by atoms with E-state index in [1.165, 1.54) is 18.2 Å². The lowest BCUT2D eigenvalue weighted by atomic mass is 10.0. The maximum Gasteiger partial charge on any atom is 0.146 e. The van der Waals surface area contributed by atoms with Gasteiger partial charge in [0, 0.05) is 5.56 Å². The topological polar surface area (TPSA) is 26.0 Å². The maximum atomic E-state index is 13.5. The van der Waals surface area contributed by atoms with Crippen molar-refractivity contribution in [3.8, 4) is 11.1 Å². The van der Waals surface area contributed by atoms with Gasteiger partial charge >= 0.3 is 0 Å². The van der Waals surface area contributed by atoms with Crippen LogP contribution < -0.4 is 5.73 Å². The van der Waals surface area contributed by atoms with Crippen LogP contribution in [0.4, 0.5) is 10.1 Å². The number of anilines is 1. The average molecular weight is 325 g/mol. The van der Waals surface area contributed by atoms with Crippen LogP contribution in [0.1, 0.15) is 0 Å². The van der Waals surface area contributed by atoms with E-state index in [4.69, 9.17) is 52.1 Å². The highest BCUT2D eigenvalue weighted by Gasteiger charge is 2.16. The molecule has 0 fully saturated rings. The molecule has 6 heteroatoms. The van der Waals surface area contributed by atoms with Crippen molar-refractivity contribution in [2.24, 2.45) is 0 Å². The second-order valence-corrected chi connectivity index (χ2v) is 5.15. The minimum Gasteiger partial charge on any atom is -0.396 e. The normalized spacial score (nSPS) is 10.7. The Morgan fingerprint density at radius 2 is 1.44 bits per heavy atom. The van der Waals surface area contributed by atoms with Crippen LogP contribution in [0.3, 0.4) is 0 Å². The van der Waals surface area contributed by atoms with Gasteiger partial charge in [-0.15, -0.1) is 0 Å². The van der Waals surface area contributed by atoms with Gasteiger partial charge in [-0.05, 0) is 23.8 Å². The summed E-state index contributed by atoms with van der Waals surface area (Å²) >= 11 is 24.0. The molecule has 0 spiro atoms. The molecule has 0 radical (unpaired) electrons. The van der Waals surface area contributed by atoms with E-state index < -0.39 is 5.82 Å². The Balaban J connectivity index is 2.74. The van der Waals surface area contributed by atoms with Crippen molar-refractivity contribution in [3.63, 3.8) is 0 Å². The molecule has 2 N–H and O–H groups in total. The quantitative estimate of drug-likeness (QED) is 0.529. The first-order chi connectivity index (χ1) is 8.41. The molecule has 0 heterocycles. The molecule has 2 aromatic carbocycles. The Morgan fingerprint density at radius 1 is 0.889 bits per heavy atom. The molecule has 0 atom stereocenters. The second kappa shape index (κ2) is 5.14. The second-order valence-electron chi connectivity index (χ2n) is 3.58. The first-order valence-electron chi connectivity index (χ1n) is 4.80. The summed E-state index contributed by atoms with van der Waals surface area (Å²) in [5, 5.41) is 0.932. The van der Waals surface area contributed by atoms with E-state index in [0.717, 1.165) is 0 Å². The summed E-state index contributed by atoms with van der Waals surface area (Å²) in [4.78, 5) is 0. The minimum atomic E-state index is -0.560. The van der Waals surface area contributed by atoms with Gasteiger partial charge in [-0.3, -0.25) is 0 Å². The summed E-state index contributed by atoms with van der Waals surface area (Å²) < 4.78 is 13.5. The molecule has 0 aliphatic heterocycles. The smallest absolute Gasteiger partial charge is 0.146 e. The number of nitrogen functional groups attached to an aromatic ring is 1. The zero-order valence-corrected chi connectivity index (χ0v) is 11.8. The lowest BCUT2D eigenvalue weighted by Gasteiger charge is -2.11. The van der Waals surface area contributed by atoms with E-state index in [-0.39, 0.29) is 25.8 Å². The maximum absolute atomic E-state index is 13.5. The highest BCUT2D eigenvalue weighted by atomic mass is 35.5. The molecular formula is C12H6Cl4FN. The summed E-state index contributed by atoms with van der Waals surface area (Å²) in [5.74, 6) is -0.560. The molecule has 0 saturated heterocycles. The van der Waals surface area contributed by atoms with Crippen molar-refractivity contribution >= 4 is 52.1 Å². The number of halogens is 5. The summed E-state index contributed by atoms with van der Waals surface area (Å²) in [5.41, 5.74) is 6.29. The van der Waals surface area contributed by atoms with Crippen LogP contribution in [-0.4, -0.2) is 0 Å². The predicted octanol–water partition coefficient (Wildman–Crippen LogP) is 5.69. The zero-order chi connectivity index (χ0) is 13.4. The molecule has 94 valence electrons. The Labute approximate surface area is 123 Å². The number of nitrogens with two attached hydrogens (primary N) is 1. The van der Waals surface area contributed by atoms with Crippen LogP contribution in [-0.2, 0) is 0 Å². The van der Waals surface area contributed by atoms with Crippen LogP contribution in [0.2, 0.25) is 20.1 Å². The van der Waals surface area contributed by atoms with Gasteiger partial charge in [-0.25, -0.2) is 4.39 Å². The van der Waals surface area contributed by atoms with Crippen molar-refractivity contribution in [2.45, 2.75) is 0 Å². The molecule has 0 saturated carbocycles. The Kier molecular flexibility index (Phi) is 3.93. The Morgan fingerprint density at radius 3 is 1.94 bits per heavy atom. The first kappa shape index (κ1) is 13.8. The minimum absolute atomic E-state index is 0.0409. The lowest BCUT2D eigenvalue weighted by Crippen LogP contribution is -1.92. The molecule has 2 rings (SSSR count). The number of hydrogen-bond donors (Lipinski definition) is 1. The van der Waals surface area contributed by atoms with E-state index in [0.29, 0.717) is 11.1 Å². The van der Waals surface area contributed by atoms with Gasteiger partial charge in [-0.1, -0.05) is 52.5 Å². The fraction of sp³-hybridized carbons (Fsp3) is 0. The van der Waals surface area contributed by atoms with E-state index in [1.54, 1.807) is 6.07 Å². The fourth-order valence-corrected chi connectivity index (χ4v) is 2.54. The van der Waals surface area contributed by atoms with Crippen molar-refractivity contribution in [2.75, 3.05) is 5.73 Å². The molecule has 0 aliphatic carbocycles. The highest BCUT2D eigenvalue weighted by molar-refractivity contribution is 6.50. The van der Waals surface area contributed by atoms with Crippen LogP contribution in [0.5, 0.6) is 0 Å². The third-order valence-electron chi connectivity index (χ3n) is 2.40. The highest BCUT2D eigenvalue weighted by Crippen LogP contribution is 2.43. The number of rotatable bonds is 1. The summed E-state index contributed by atoms with van der Waals surface area (Å²) in [6, 6.07) is 5.68. The van der Waals surface area contributed by atoms with Gasteiger partial charge < -0.3 is 5.73 Å². The molecular weight excluding hydrogens is 319 g/mol. The SMILES string of the molecule is Nc1ccc(-c2c(Cl)c(Cl)cc(Cl)c2Cl)cc1F. The molecule has 18 heavy (non-hydrogen) atoms. The lowest BCUT2D eigenvalue weighted by molar-refractivity contribution is 0.633. The van der Waals surface area contributed by atoms with Crippen molar-refractivity contribution in [1.29, 1.82) is 0 Å². The van der Waals surface area contributed by atoms with Crippen LogP contribution in [0.15, 0.2) is 24.3 Å². The van der Waals surface area contributed by atoms with Gasteiger partial charge in [0.15, 0.2) is 0 Å². The van der Waals surface area contributed by atoms with Gasteiger partial charge in [-0.2, -0.15) is 0 Å². The van der Waals surface area contributed by atoms with Gasteiger partial charge in [0.2, 0.25) is 0 Å². The average Bonchev–Trinajstić information content (AvgIpc) is 2.31. The zero-order valence-electron chi connectivity index (χ0n) is 8.78. The van der Waals surface area contributed by atoms with E-state index in [1.807, 2.05) is 0 Å². The largest absolute Gasteiger partial charge is 0.396 e. The molecule has 0 unspecified atom stereocenters. The Bertz CT molecular complexity index is 602. The van der Waals surface area contributed by atoms with Crippen LogP contribution >= 0.6 is 46.4 Å². The molecule has 1 nitrogen and oxygen atoms in total. The van der Waals surface area contributed by atoms with Crippen molar-refractivity contribution in [3.05, 3.63) is 50.2 Å². The van der Waals surface area contributed by atoms with E-state index in [2.05, 4.69) is 0 Å². The summed E-state index contributed by atoms with van der Waals surface area (Å²) in [6.45, 7) is 0. The van der Waals surface area contributed by atoms with Crippen molar-refractivity contribution in [1.82, 2.24) is 0 Å². The number of hydrogen-bond acceptors (Lipinski definition) is 1. The molecule has 0 amide bonds. The number of benzene rings is 2. The van der Waals surface area contributed by atoms with Crippen molar-refractivity contribution < 1.29 is 4.39 Å². The molecule has 0 aromatic heterocycles. The third kappa shape index (κ3) is 2.39. The Hall–Kier alpha value is -0.670. The van der Waals surface area contributed by atoms with Crippen LogP contribution in [0.25, 0.3) is 11.1 Å². The van der Waals surface area contributed by atoms with E-state index >= 15 is 0 Å². The monoisotopic (exact) mass is 323 g/mol. The fourth-order valence-electron chi connectivity index (χ4n) is 1.51. The molecule has 0 bridgehead atoms. The standard InChI is InChI=1S/C12H6Cl4FN/c13-6-4-7(14)12(16)10(11(6)15)5-1-2-9(18)8(17)3-5/h1-4H,18H2.